The van der Waals surface area contributed by atoms with Crippen LogP contribution in [0.4, 0.5) is 0 Å². The van der Waals surface area contributed by atoms with E-state index in [1.807, 2.05) is 45.1 Å². The van der Waals surface area contributed by atoms with Crippen LogP contribution in [0.5, 0.6) is 0 Å². The summed E-state index contributed by atoms with van der Waals surface area (Å²) in [5.74, 6) is 2.95. The van der Waals surface area contributed by atoms with Gasteiger partial charge in [-0.1, -0.05) is 12.1 Å². The van der Waals surface area contributed by atoms with E-state index in [4.69, 9.17) is 12.2 Å². The quantitative estimate of drug-likeness (QED) is 0.655. The van der Waals surface area contributed by atoms with Crippen LogP contribution in [0.25, 0.3) is 16.7 Å². The SMILES string of the molecule is Cn1c(=O)c2ccccc2n2c(=S)n(CN3CCCSCC3)nc12. The second kappa shape index (κ2) is 6.34. The number of benzene rings is 1. The first kappa shape index (κ1) is 15.9. The number of nitrogens with zero attached hydrogens (tertiary/aromatic N) is 5. The zero-order valence-electron chi connectivity index (χ0n) is 13.5. The molecule has 0 aliphatic carbocycles. The molecule has 1 fully saturated rings. The Morgan fingerprint density at radius 1 is 1.25 bits per heavy atom. The van der Waals surface area contributed by atoms with Crippen LogP contribution in [0.15, 0.2) is 29.1 Å². The molecule has 1 saturated heterocycles. The molecule has 0 saturated carbocycles. The maximum atomic E-state index is 12.6. The Kier molecular flexibility index (Phi) is 4.19. The van der Waals surface area contributed by atoms with Crippen molar-refractivity contribution in [2.75, 3.05) is 24.6 Å². The number of thioether (sulfide) groups is 1. The molecule has 8 heteroatoms. The number of para-hydroxylation sites is 1. The Hall–Kier alpha value is -1.64. The van der Waals surface area contributed by atoms with Crippen LogP contribution in [0.2, 0.25) is 0 Å². The minimum atomic E-state index is -0.0450. The second-order valence-electron chi connectivity index (χ2n) is 6.02. The van der Waals surface area contributed by atoms with Gasteiger partial charge in [0.05, 0.1) is 17.6 Å². The maximum absolute atomic E-state index is 12.6. The van der Waals surface area contributed by atoms with Gasteiger partial charge in [-0.2, -0.15) is 11.8 Å². The fourth-order valence-corrected chi connectivity index (χ4v) is 4.37. The van der Waals surface area contributed by atoms with Crippen LogP contribution < -0.4 is 5.56 Å². The summed E-state index contributed by atoms with van der Waals surface area (Å²) in [6, 6.07) is 7.56. The summed E-state index contributed by atoms with van der Waals surface area (Å²) >= 11 is 7.67. The standard InChI is InChI=1S/C16H19N5OS2/c1-18-14(22)12-5-2-3-6-13(12)21-15(18)17-20(16(21)23)11-19-7-4-9-24-10-8-19/h2-3,5-6H,4,7-11H2,1H3. The van der Waals surface area contributed by atoms with Gasteiger partial charge in [0.1, 0.15) is 0 Å². The van der Waals surface area contributed by atoms with Crippen molar-refractivity contribution in [1.29, 1.82) is 0 Å². The Balaban J connectivity index is 1.88. The Morgan fingerprint density at radius 2 is 2.08 bits per heavy atom. The molecule has 126 valence electrons. The molecular formula is C16H19N5OS2. The van der Waals surface area contributed by atoms with E-state index < -0.39 is 0 Å². The van der Waals surface area contributed by atoms with E-state index in [1.54, 1.807) is 11.6 Å². The molecule has 3 heterocycles. The minimum Gasteiger partial charge on any atom is -0.283 e. The number of hydrogen-bond acceptors (Lipinski definition) is 5. The van der Waals surface area contributed by atoms with Crippen LogP contribution in [-0.2, 0) is 13.7 Å². The van der Waals surface area contributed by atoms with Crippen LogP contribution in [0.1, 0.15) is 6.42 Å². The van der Waals surface area contributed by atoms with E-state index in [2.05, 4.69) is 10.00 Å². The van der Waals surface area contributed by atoms with Gasteiger partial charge in [-0.15, -0.1) is 5.10 Å². The van der Waals surface area contributed by atoms with Crippen molar-refractivity contribution in [2.24, 2.45) is 7.05 Å². The molecule has 0 radical (unpaired) electrons. The molecule has 0 amide bonds. The highest BCUT2D eigenvalue weighted by atomic mass is 32.2. The van der Waals surface area contributed by atoms with Crippen molar-refractivity contribution < 1.29 is 0 Å². The molecule has 2 aromatic heterocycles. The molecule has 1 aromatic carbocycles. The van der Waals surface area contributed by atoms with Crippen molar-refractivity contribution >= 4 is 40.7 Å². The highest BCUT2D eigenvalue weighted by Gasteiger charge is 2.16. The first-order chi connectivity index (χ1) is 11.7. The monoisotopic (exact) mass is 361 g/mol. The molecule has 3 aromatic rings. The Bertz CT molecular complexity index is 1010. The van der Waals surface area contributed by atoms with E-state index in [9.17, 15) is 4.79 Å². The molecule has 0 N–H and O–H groups in total. The first-order valence-electron chi connectivity index (χ1n) is 8.04. The van der Waals surface area contributed by atoms with Crippen molar-refractivity contribution in [3.63, 3.8) is 0 Å². The number of rotatable bonds is 2. The van der Waals surface area contributed by atoms with Crippen molar-refractivity contribution in [1.82, 2.24) is 23.6 Å². The predicted octanol–water partition coefficient (Wildman–Crippen LogP) is 2.11. The van der Waals surface area contributed by atoms with E-state index in [1.165, 1.54) is 12.2 Å². The van der Waals surface area contributed by atoms with Crippen LogP contribution in [0.3, 0.4) is 0 Å². The normalized spacial score (nSPS) is 16.7. The zero-order chi connectivity index (χ0) is 16.7. The lowest BCUT2D eigenvalue weighted by atomic mass is 10.2. The number of aromatic nitrogens is 4. The third-order valence-electron chi connectivity index (χ3n) is 4.45. The fraction of sp³-hybridized carbons (Fsp3) is 0.438. The molecule has 0 unspecified atom stereocenters. The summed E-state index contributed by atoms with van der Waals surface area (Å²) in [5, 5.41) is 5.30. The van der Waals surface area contributed by atoms with E-state index >= 15 is 0 Å². The smallest absolute Gasteiger partial charge is 0.262 e. The van der Waals surface area contributed by atoms with Gasteiger partial charge in [0.15, 0.2) is 0 Å². The Labute approximate surface area is 148 Å². The fourth-order valence-electron chi connectivity index (χ4n) is 3.17. The number of aryl methyl sites for hydroxylation is 1. The predicted molar refractivity (Wildman–Crippen MR) is 100 cm³/mol. The van der Waals surface area contributed by atoms with Crippen LogP contribution >= 0.6 is 24.0 Å². The van der Waals surface area contributed by atoms with Gasteiger partial charge in [-0.05, 0) is 36.5 Å². The zero-order valence-corrected chi connectivity index (χ0v) is 15.1. The molecule has 24 heavy (non-hydrogen) atoms. The molecule has 6 nitrogen and oxygen atoms in total. The van der Waals surface area contributed by atoms with E-state index in [-0.39, 0.29) is 5.56 Å². The minimum absolute atomic E-state index is 0.0450. The topological polar surface area (TPSA) is 47.5 Å². The molecule has 0 bridgehead atoms. The molecule has 0 atom stereocenters. The van der Waals surface area contributed by atoms with Crippen molar-refractivity contribution in [3.8, 4) is 0 Å². The van der Waals surface area contributed by atoms with Crippen LogP contribution in [-0.4, -0.2) is 48.2 Å². The van der Waals surface area contributed by atoms with Gasteiger partial charge in [0.2, 0.25) is 10.5 Å². The third-order valence-corrected chi connectivity index (χ3v) is 5.89. The van der Waals surface area contributed by atoms with Gasteiger partial charge in [-0.3, -0.25) is 18.7 Å². The summed E-state index contributed by atoms with van der Waals surface area (Å²) in [4.78, 5) is 14.9. The molecular weight excluding hydrogens is 342 g/mol. The number of hydrogen-bond donors (Lipinski definition) is 0. The van der Waals surface area contributed by atoms with Crippen LogP contribution in [0, 0.1) is 4.77 Å². The first-order valence-corrected chi connectivity index (χ1v) is 9.60. The highest BCUT2D eigenvalue weighted by molar-refractivity contribution is 7.99. The lowest BCUT2D eigenvalue weighted by Gasteiger charge is -2.18. The largest absolute Gasteiger partial charge is 0.283 e. The van der Waals surface area contributed by atoms with E-state index in [0.717, 1.165) is 24.4 Å². The summed E-state index contributed by atoms with van der Waals surface area (Å²) in [6.07, 6.45) is 1.19. The van der Waals surface area contributed by atoms with Gasteiger partial charge in [0, 0.05) is 25.9 Å². The lowest BCUT2D eigenvalue weighted by molar-refractivity contribution is 0.222. The Morgan fingerprint density at radius 3 is 2.96 bits per heavy atom. The van der Waals surface area contributed by atoms with Gasteiger partial charge >= 0.3 is 0 Å². The molecule has 4 rings (SSSR count). The van der Waals surface area contributed by atoms with E-state index in [0.29, 0.717) is 22.6 Å². The van der Waals surface area contributed by atoms with Crippen molar-refractivity contribution in [3.05, 3.63) is 39.4 Å². The summed E-state index contributed by atoms with van der Waals surface area (Å²) in [6.45, 7) is 2.77. The second-order valence-corrected chi connectivity index (χ2v) is 7.61. The van der Waals surface area contributed by atoms with Gasteiger partial charge < -0.3 is 0 Å². The maximum Gasteiger partial charge on any atom is 0.262 e. The average molecular weight is 361 g/mol. The molecule has 1 aliphatic rings. The van der Waals surface area contributed by atoms with Crippen molar-refractivity contribution in [2.45, 2.75) is 13.1 Å². The molecule has 1 aliphatic heterocycles. The van der Waals surface area contributed by atoms with Gasteiger partial charge in [0.25, 0.3) is 5.56 Å². The summed E-state index contributed by atoms with van der Waals surface area (Å²) in [7, 11) is 1.75. The highest BCUT2D eigenvalue weighted by Crippen LogP contribution is 2.15. The summed E-state index contributed by atoms with van der Waals surface area (Å²) < 4.78 is 5.95. The average Bonchev–Trinajstić information content (AvgIpc) is 2.77. The van der Waals surface area contributed by atoms with Gasteiger partial charge in [-0.25, -0.2) is 4.68 Å². The third kappa shape index (κ3) is 2.58. The molecule has 0 spiro atoms. The lowest BCUT2D eigenvalue weighted by Crippen LogP contribution is -2.29. The number of fused-ring (bicyclic) bond motifs is 3. The summed E-state index contributed by atoms with van der Waals surface area (Å²) in [5.41, 5.74) is 0.773.